The van der Waals surface area contributed by atoms with Gasteiger partial charge in [-0.1, -0.05) is 22.0 Å². The van der Waals surface area contributed by atoms with Gasteiger partial charge in [0.25, 0.3) is 5.88 Å². The smallest absolute Gasteiger partial charge is 0.356 e. The molecule has 0 unspecified atom stereocenters. The highest BCUT2D eigenvalue weighted by Gasteiger charge is 2.21. The Morgan fingerprint density at radius 2 is 2.10 bits per heavy atom. The van der Waals surface area contributed by atoms with E-state index in [2.05, 4.69) is 25.7 Å². The van der Waals surface area contributed by atoms with Gasteiger partial charge in [0, 0.05) is 10.5 Å². The second kappa shape index (κ2) is 6.31. The Morgan fingerprint density at radius 3 is 2.71 bits per heavy atom. The molecule has 0 saturated carbocycles. The van der Waals surface area contributed by atoms with Crippen molar-refractivity contribution in [3.63, 3.8) is 0 Å². The van der Waals surface area contributed by atoms with Crippen molar-refractivity contribution in [1.29, 1.82) is 0 Å². The fourth-order valence-corrected chi connectivity index (χ4v) is 1.89. The normalized spacial score (nSPS) is 10.0. The quantitative estimate of drug-likeness (QED) is 0.476. The van der Waals surface area contributed by atoms with Gasteiger partial charge in [-0.3, -0.25) is 10.1 Å². The van der Waals surface area contributed by atoms with E-state index in [1.807, 2.05) is 0 Å². The Hall–Kier alpha value is -2.48. The van der Waals surface area contributed by atoms with Gasteiger partial charge in [0.05, 0.1) is 12.0 Å². The molecule has 8 heteroatoms. The predicted octanol–water partition coefficient (Wildman–Crippen LogP) is 3.33. The molecule has 0 radical (unpaired) electrons. The third kappa shape index (κ3) is 3.54. The van der Waals surface area contributed by atoms with E-state index in [0.717, 1.165) is 10.5 Å². The molecule has 1 aromatic carbocycles. The van der Waals surface area contributed by atoms with Crippen LogP contribution in [0.15, 0.2) is 40.9 Å². The number of carbonyl (C=O) groups excluding carboxylic acids is 1. The monoisotopic (exact) mass is 352 g/mol. The van der Waals surface area contributed by atoms with Crippen molar-refractivity contribution in [2.24, 2.45) is 0 Å². The van der Waals surface area contributed by atoms with Gasteiger partial charge in [0.2, 0.25) is 0 Å². The largest absolute Gasteiger partial charge is 0.464 e. The molecule has 1 heterocycles. The van der Waals surface area contributed by atoms with Crippen molar-refractivity contribution in [3.8, 4) is 11.6 Å². The number of nitrogens with zero attached hydrogens (tertiary/aromatic N) is 2. The number of methoxy groups -OCH3 is 1. The molecular formula is C13H9BrN2O5. The second-order valence-electron chi connectivity index (χ2n) is 3.83. The molecule has 0 spiro atoms. The number of esters is 1. The van der Waals surface area contributed by atoms with Crippen molar-refractivity contribution in [2.45, 2.75) is 0 Å². The van der Waals surface area contributed by atoms with Crippen LogP contribution in [-0.4, -0.2) is 23.0 Å². The first-order valence-electron chi connectivity index (χ1n) is 5.68. The van der Waals surface area contributed by atoms with E-state index in [0.29, 0.717) is 5.75 Å². The average molecular weight is 353 g/mol. The molecule has 21 heavy (non-hydrogen) atoms. The van der Waals surface area contributed by atoms with Crippen LogP contribution in [0, 0.1) is 10.1 Å². The summed E-state index contributed by atoms with van der Waals surface area (Å²) in [5.74, 6) is -0.632. The minimum atomic E-state index is -0.705. The molecular weight excluding hydrogens is 344 g/mol. The second-order valence-corrected chi connectivity index (χ2v) is 4.74. The number of pyridine rings is 1. The van der Waals surface area contributed by atoms with E-state index < -0.39 is 10.9 Å². The maximum Gasteiger partial charge on any atom is 0.356 e. The van der Waals surface area contributed by atoms with Crippen LogP contribution in [0.1, 0.15) is 10.5 Å². The number of aromatic nitrogens is 1. The van der Waals surface area contributed by atoms with Gasteiger partial charge in [0.1, 0.15) is 5.75 Å². The SMILES string of the molecule is COC(=O)c1ccc([N+](=O)[O-])c(Oc2cccc(Br)c2)n1. The van der Waals surface area contributed by atoms with Crippen molar-refractivity contribution in [2.75, 3.05) is 7.11 Å². The summed E-state index contributed by atoms with van der Waals surface area (Å²) in [5, 5.41) is 11.0. The average Bonchev–Trinajstić information content (AvgIpc) is 2.46. The summed E-state index contributed by atoms with van der Waals surface area (Å²) in [6, 6.07) is 9.07. The molecule has 7 nitrogen and oxygen atoms in total. The van der Waals surface area contributed by atoms with Gasteiger partial charge in [0.15, 0.2) is 5.69 Å². The van der Waals surface area contributed by atoms with Crippen LogP contribution in [0.4, 0.5) is 5.69 Å². The molecule has 1 aromatic heterocycles. The highest BCUT2D eigenvalue weighted by atomic mass is 79.9. The molecule has 2 aromatic rings. The van der Waals surface area contributed by atoms with Crippen LogP contribution in [0.25, 0.3) is 0 Å². The van der Waals surface area contributed by atoms with Gasteiger partial charge in [-0.15, -0.1) is 0 Å². The fraction of sp³-hybridized carbons (Fsp3) is 0.0769. The summed E-state index contributed by atoms with van der Waals surface area (Å²) >= 11 is 3.26. The minimum absolute atomic E-state index is 0.0758. The highest BCUT2D eigenvalue weighted by Crippen LogP contribution is 2.30. The van der Waals surface area contributed by atoms with E-state index in [1.54, 1.807) is 24.3 Å². The Balaban J connectivity index is 2.43. The van der Waals surface area contributed by atoms with Crippen LogP contribution >= 0.6 is 15.9 Å². The topological polar surface area (TPSA) is 91.6 Å². The van der Waals surface area contributed by atoms with Crippen LogP contribution in [-0.2, 0) is 4.74 Å². The Bertz CT molecular complexity index is 705. The van der Waals surface area contributed by atoms with E-state index in [-0.39, 0.29) is 17.3 Å². The summed E-state index contributed by atoms with van der Waals surface area (Å²) in [5.41, 5.74) is -0.421. The third-order valence-electron chi connectivity index (χ3n) is 2.44. The fourth-order valence-electron chi connectivity index (χ4n) is 1.51. The van der Waals surface area contributed by atoms with E-state index >= 15 is 0 Å². The molecule has 0 N–H and O–H groups in total. The maximum atomic E-state index is 11.4. The molecule has 0 amide bonds. The van der Waals surface area contributed by atoms with Gasteiger partial charge in [-0.25, -0.2) is 4.79 Å². The van der Waals surface area contributed by atoms with Gasteiger partial charge < -0.3 is 9.47 Å². The molecule has 0 bridgehead atoms. The van der Waals surface area contributed by atoms with Crippen LogP contribution in [0.3, 0.4) is 0 Å². The molecule has 0 aliphatic rings. The maximum absolute atomic E-state index is 11.4. The molecule has 0 aliphatic carbocycles. The predicted molar refractivity (Wildman–Crippen MR) is 76.4 cm³/mol. The number of carbonyl (C=O) groups is 1. The zero-order chi connectivity index (χ0) is 15.4. The molecule has 0 aliphatic heterocycles. The van der Waals surface area contributed by atoms with Crippen molar-refractivity contribution in [3.05, 3.63) is 56.7 Å². The number of nitro groups is 1. The van der Waals surface area contributed by atoms with Gasteiger partial charge in [-0.05, 0) is 24.3 Å². The summed E-state index contributed by atoms with van der Waals surface area (Å²) < 4.78 is 10.7. The lowest BCUT2D eigenvalue weighted by Crippen LogP contribution is -2.06. The summed E-state index contributed by atoms with van der Waals surface area (Å²) in [6.45, 7) is 0. The lowest BCUT2D eigenvalue weighted by atomic mass is 10.3. The van der Waals surface area contributed by atoms with Gasteiger partial charge in [-0.2, -0.15) is 4.98 Å². The van der Waals surface area contributed by atoms with Gasteiger partial charge >= 0.3 is 11.7 Å². The zero-order valence-electron chi connectivity index (χ0n) is 10.8. The Kier molecular flexibility index (Phi) is 4.49. The lowest BCUT2D eigenvalue weighted by Gasteiger charge is -2.07. The number of ether oxygens (including phenoxy) is 2. The lowest BCUT2D eigenvalue weighted by molar-refractivity contribution is -0.386. The van der Waals surface area contributed by atoms with Crippen LogP contribution < -0.4 is 4.74 Å². The molecule has 0 saturated heterocycles. The summed E-state index contributed by atoms with van der Waals surface area (Å²) in [4.78, 5) is 25.6. The van der Waals surface area contributed by atoms with E-state index in [9.17, 15) is 14.9 Å². The first kappa shape index (κ1) is 14.9. The number of hydrogen-bond acceptors (Lipinski definition) is 6. The Morgan fingerprint density at radius 1 is 1.33 bits per heavy atom. The standard InChI is InChI=1S/C13H9BrN2O5/c1-20-13(17)10-5-6-11(16(18)19)12(15-10)21-9-4-2-3-8(14)7-9/h2-7H,1H3. The summed E-state index contributed by atoms with van der Waals surface area (Å²) in [7, 11) is 1.19. The summed E-state index contributed by atoms with van der Waals surface area (Å²) in [6.07, 6.45) is 0. The van der Waals surface area contributed by atoms with Crippen molar-refractivity contribution >= 4 is 27.6 Å². The highest BCUT2D eigenvalue weighted by molar-refractivity contribution is 9.10. The molecule has 2 rings (SSSR count). The van der Waals surface area contributed by atoms with Crippen LogP contribution in [0.2, 0.25) is 0 Å². The molecule has 0 fully saturated rings. The number of rotatable bonds is 4. The minimum Gasteiger partial charge on any atom is -0.464 e. The van der Waals surface area contributed by atoms with Crippen molar-refractivity contribution in [1.82, 2.24) is 4.98 Å². The zero-order valence-corrected chi connectivity index (χ0v) is 12.4. The molecule has 108 valence electrons. The number of hydrogen-bond donors (Lipinski definition) is 0. The van der Waals surface area contributed by atoms with Crippen molar-refractivity contribution < 1.29 is 19.2 Å². The Labute approximate surface area is 127 Å². The number of benzene rings is 1. The first-order chi connectivity index (χ1) is 10.0. The number of halogens is 1. The first-order valence-corrected chi connectivity index (χ1v) is 6.47. The van der Waals surface area contributed by atoms with Crippen LogP contribution in [0.5, 0.6) is 11.6 Å². The van der Waals surface area contributed by atoms with E-state index in [1.165, 1.54) is 13.2 Å². The third-order valence-corrected chi connectivity index (χ3v) is 2.94. The molecule has 0 atom stereocenters. The van der Waals surface area contributed by atoms with E-state index in [4.69, 9.17) is 4.74 Å².